The number of nitrogens with two attached hydrogens (primary N) is 1. The van der Waals surface area contributed by atoms with Crippen molar-refractivity contribution in [1.29, 1.82) is 0 Å². The molecule has 2 fully saturated rings. The second-order valence-corrected chi connectivity index (χ2v) is 5.78. The third-order valence-electron chi connectivity index (χ3n) is 4.02. The van der Waals surface area contributed by atoms with E-state index in [0.29, 0.717) is 25.4 Å². The van der Waals surface area contributed by atoms with Gasteiger partial charge in [0.25, 0.3) is 0 Å². The zero-order chi connectivity index (χ0) is 13.7. The molecule has 19 heavy (non-hydrogen) atoms. The summed E-state index contributed by atoms with van der Waals surface area (Å²) in [4.78, 5) is 25.4. The standard InChI is InChI=1S/C14H25N3O2/c15-12(11-6-7-11)9-16-13(18)10-17-8-4-2-1-3-5-14(17)19/h11-12H,1-10,15H2,(H,16,18). The van der Waals surface area contributed by atoms with E-state index in [9.17, 15) is 9.59 Å². The Morgan fingerprint density at radius 3 is 2.79 bits per heavy atom. The van der Waals surface area contributed by atoms with E-state index >= 15 is 0 Å². The summed E-state index contributed by atoms with van der Waals surface area (Å²) in [6.45, 7) is 1.43. The van der Waals surface area contributed by atoms with Gasteiger partial charge in [0, 0.05) is 25.6 Å². The third-order valence-corrected chi connectivity index (χ3v) is 4.02. The summed E-state index contributed by atoms with van der Waals surface area (Å²) in [5.74, 6) is 0.620. The Kier molecular flexibility index (Phi) is 5.19. The van der Waals surface area contributed by atoms with Gasteiger partial charge in [0.05, 0.1) is 6.54 Å². The highest BCUT2D eigenvalue weighted by Gasteiger charge is 2.28. The topological polar surface area (TPSA) is 75.4 Å². The lowest BCUT2D eigenvalue weighted by Gasteiger charge is -2.24. The lowest BCUT2D eigenvalue weighted by atomic mass is 10.1. The van der Waals surface area contributed by atoms with E-state index in [2.05, 4.69) is 5.32 Å². The molecule has 1 atom stereocenters. The molecule has 1 heterocycles. The Balaban J connectivity index is 1.71. The van der Waals surface area contributed by atoms with Crippen molar-refractivity contribution in [2.24, 2.45) is 11.7 Å². The van der Waals surface area contributed by atoms with Gasteiger partial charge in [-0.2, -0.15) is 0 Å². The lowest BCUT2D eigenvalue weighted by Crippen LogP contribution is -2.45. The number of hydrogen-bond donors (Lipinski definition) is 2. The summed E-state index contributed by atoms with van der Waals surface area (Å²) >= 11 is 0. The first-order chi connectivity index (χ1) is 9.16. The molecule has 0 aromatic heterocycles. The molecule has 0 bridgehead atoms. The minimum Gasteiger partial charge on any atom is -0.353 e. The summed E-state index contributed by atoms with van der Waals surface area (Å²) in [6, 6.07) is 0.0759. The Morgan fingerprint density at radius 2 is 2.05 bits per heavy atom. The zero-order valence-corrected chi connectivity index (χ0v) is 11.6. The fourth-order valence-electron chi connectivity index (χ4n) is 2.53. The van der Waals surface area contributed by atoms with E-state index in [0.717, 1.165) is 25.7 Å². The molecule has 5 nitrogen and oxygen atoms in total. The van der Waals surface area contributed by atoms with E-state index in [1.54, 1.807) is 4.90 Å². The number of amides is 2. The number of carbonyl (C=O) groups is 2. The van der Waals surface area contributed by atoms with Crippen LogP contribution >= 0.6 is 0 Å². The molecule has 0 spiro atoms. The van der Waals surface area contributed by atoms with Gasteiger partial charge < -0.3 is 16.0 Å². The molecule has 3 N–H and O–H groups in total. The minimum atomic E-state index is -0.0787. The van der Waals surface area contributed by atoms with Crippen molar-refractivity contribution in [1.82, 2.24) is 10.2 Å². The van der Waals surface area contributed by atoms with Gasteiger partial charge in [0.15, 0.2) is 0 Å². The quantitative estimate of drug-likeness (QED) is 0.767. The summed E-state index contributed by atoms with van der Waals surface area (Å²) < 4.78 is 0. The minimum absolute atomic E-state index is 0.0759. The van der Waals surface area contributed by atoms with Crippen LogP contribution in [-0.4, -0.2) is 42.4 Å². The molecule has 1 saturated heterocycles. The van der Waals surface area contributed by atoms with Gasteiger partial charge in [-0.05, 0) is 31.6 Å². The van der Waals surface area contributed by atoms with E-state index in [1.165, 1.54) is 12.8 Å². The van der Waals surface area contributed by atoms with Crippen LogP contribution in [0, 0.1) is 5.92 Å². The van der Waals surface area contributed by atoms with E-state index in [-0.39, 0.29) is 24.4 Å². The van der Waals surface area contributed by atoms with E-state index < -0.39 is 0 Å². The smallest absolute Gasteiger partial charge is 0.239 e. The molecular weight excluding hydrogens is 242 g/mol. The molecular formula is C14H25N3O2. The average Bonchev–Trinajstić information content (AvgIpc) is 3.20. The number of nitrogens with one attached hydrogen (secondary N) is 1. The molecule has 2 rings (SSSR count). The Morgan fingerprint density at radius 1 is 1.32 bits per heavy atom. The van der Waals surface area contributed by atoms with Crippen LogP contribution in [0.5, 0.6) is 0 Å². The largest absolute Gasteiger partial charge is 0.353 e. The maximum absolute atomic E-state index is 11.9. The molecule has 1 aliphatic heterocycles. The van der Waals surface area contributed by atoms with Crippen molar-refractivity contribution in [3.63, 3.8) is 0 Å². The zero-order valence-electron chi connectivity index (χ0n) is 11.6. The Bertz CT molecular complexity index is 329. The predicted octanol–water partition coefficient (Wildman–Crippen LogP) is 0.633. The molecule has 1 aliphatic carbocycles. The first kappa shape index (κ1) is 14.3. The number of rotatable bonds is 5. The maximum atomic E-state index is 11.9. The van der Waals surface area contributed by atoms with Crippen molar-refractivity contribution in [2.45, 2.75) is 51.0 Å². The van der Waals surface area contributed by atoms with Crippen LogP contribution in [0.1, 0.15) is 44.9 Å². The number of hydrogen-bond acceptors (Lipinski definition) is 3. The molecule has 108 valence electrons. The van der Waals surface area contributed by atoms with E-state index in [4.69, 9.17) is 5.73 Å². The van der Waals surface area contributed by atoms with Crippen molar-refractivity contribution in [2.75, 3.05) is 19.6 Å². The SMILES string of the molecule is NC(CNC(=O)CN1CCCCCCC1=O)C1CC1. The van der Waals surface area contributed by atoms with Gasteiger partial charge in [0.1, 0.15) is 0 Å². The predicted molar refractivity (Wildman–Crippen MR) is 73.4 cm³/mol. The van der Waals surface area contributed by atoms with Crippen LogP contribution in [-0.2, 0) is 9.59 Å². The molecule has 1 unspecified atom stereocenters. The van der Waals surface area contributed by atoms with Crippen LogP contribution < -0.4 is 11.1 Å². The fourth-order valence-corrected chi connectivity index (χ4v) is 2.53. The summed E-state index contributed by atoms with van der Waals surface area (Å²) in [5, 5.41) is 2.85. The normalized spacial score (nSPS) is 22.6. The van der Waals surface area contributed by atoms with Gasteiger partial charge in [-0.3, -0.25) is 9.59 Å². The Labute approximate surface area is 114 Å². The highest BCUT2D eigenvalue weighted by molar-refractivity contribution is 5.84. The molecule has 0 aromatic rings. The van der Waals surface area contributed by atoms with Crippen LogP contribution in [0.15, 0.2) is 0 Å². The second kappa shape index (κ2) is 6.89. The summed E-state index contributed by atoms with van der Waals surface area (Å²) in [5.41, 5.74) is 5.94. The number of carbonyl (C=O) groups excluding carboxylic acids is 2. The number of nitrogens with zero attached hydrogens (tertiary/aromatic N) is 1. The molecule has 1 saturated carbocycles. The number of likely N-dealkylation sites (tertiary alicyclic amines) is 1. The van der Waals surface area contributed by atoms with Crippen molar-refractivity contribution < 1.29 is 9.59 Å². The monoisotopic (exact) mass is 267 g/mol. The maximum Gasteiger partial charge on any atom is 0.239 e. The first-order valence-electron chi connectivity index (χ1n) is 7.47. The van der Waals surface area contributed by atoms with Gasteiger partial charge in [-0.25, -0.2) is 0 Å². The third kappa shape index (κ3) is 4.82. The van der Waals surface area contributed by atoms with Crippen LogP contribution in [0.3, 0.4) is 0 Å². The molecule has 2 aliphatic rings. The van der Waals surface area contributed by atoms with Crippen LogP contribution in [0.25, 0.3) is 0 Å². The average molecular weight is 267 g/mol. The van der Waals surface area contributed by atoms with Gasteiger partial charge >= 0.3 is 0 Å². The Hall–Kier alpha value is -1.10. The van der Waals surface area contributed by atoms with Gasteiger partial charge in [-0.1, -0.05) is 12.8 Å². The van der Waals surface area contributed by atoms with Gasteiger partial charge in [-0.15, -0.1) is 0 Å². The summed E-state index contributed by atoms with van der Waals surface area (Å²) in [7, 11) is 0. The second-order valence-electron chi connectivity index (χ2n) is 5.78. The molecule has 5 heteroatoms. The highest BCUT2D eigenvalue weighted by Crippen LogP contribution is 2.31. The van der Waals surface area contributed by atoms with Crippen molar-refractivity contribution in [3.8, 4) is 0 Å². The van der Waals surface area contributed by atoms with Crippen LogP contribution in [0.4, 0.5) is 0 Å². The first-order valence-corrected chi connectivity index (χ1v) is 7.47. The van der Waals surface area contributed by atoms with Crippen molar-refractivity contribution in [3.05, 3.63) is 0 Å². The van der Waals surface area contributed by atoms with Crippen LogP contribution in [0.2, 0.25) is 0 Å². The molecule has 2 amide bonds. The molecule has 0 radical (unpaired) electrons. The van der Waals surface area contributed by atoms with E-state index in [1.807, 2.05) is 0 Å². The molecule has 0 aromatic carbocycles. The highest BCUT2D eigenvalue weighted by atomic mass is 16.2. The lowest BCUT2D eigenvalue weighted by molar-refractivity contribution is -0.136. The fraction of sp³-hybridized carbons (Fsp3) is 0.857. The summed E-state index contributed by atoms with van der Waals surface area (Å²) in [6.07, 6.45) is 7.17. The van der Waals surface area contributed by atoms with Crippen molar-refractivity contribution >= 4 is 11.8 Å². The van der Waals surface area contributed by atoms with Gasteiger partial charge in [0.2, 0.25) is 11.8 Å².